The number of carbonyl (C=O) groups is 2. The molecule has 3 aromatic rings. The third-order valence-electron chi connectivity index (χ3n) is 5.38. The van der Waals surface area contributed by atoms with Crippen LogP contribution in [0.4, 0.5) is 17.1 Å². The number of non-ortho nitro benzene ring substituents is 1. The van der Waals surface area contributed by atoms with Gasteiger partial charge in [0.05, 0.1) is 36.1 Å². The zero-order valence-electron chi connectivity index (χ0n) is 18.7. The molecule has 0 aliphatic carbocycles. The van der Waals surface area contributed by atoms with Crippen molar-refractivity contribution >= 4 is 34.4 Å². The van der Waals surface area contributed by atoms with Crippen molar-refractivity contribution in [2.24, 2.45) is 0 Å². The first-order valence-electron chi connectivity index (χ1n) is 10.3. The molecule has 1 aliphatic heterocycles. The number of aryl methyl sites for hydroxylation is 1. The molecule has 1 heterocycles. The van der Waals surface area contributed by atoms with Gasteiger partial charge in [0, 0.05) is 18.2 Å². The quantitative estimate of drug-likeness (QED) is 0.318. The van der Waals surface area contributed by atoms with Crippen LogP contribution in [-0.4, -0.2) is 31.0 Å². The van der Waals surface area contributed by atoms with Crippen LogP contribution >= 0.6 is 0 Å². The zero-order chi connectivity index (χ0) is 24.4. The van der Waals surface area contributed by atoms with Crippen LogP contribution < -0.4 is 19.7 Å². The van der Waals surface area contributed by atoms with E-state index in [4.69, 9.17) is 9.47 Å². The SMILES string of the molecule is COc1ccc(NC2=C(c3ccc([N+](=O)[O-])cc3)C(=O)N(c3cccc(C)c3)C2=O)c(OC)c1. The van der Waals surface area contributed by atoms with Crippen molar-refractivity contribution in [2.45, 2.75) is 6.92 Å². The van der Waals surface area contributed by atoms with Gasteiger partial charge in [-0.25, -0.2) is 4.90 Å². The largest absolute Gasteiger partial charge is 0.497 e. The average molecular weight is 459 g/mol. The van der Waals surface area contributed by atoms with E-state index < -0.39 is 16.7 Å². The van der Waals surface area contributed by atoms with Crippen LogP contribution in [0.3, 0.4) is 0 Å². The molecule has 0 spiro atoms. The molecule has 9 nitrogen and oxygen atoms in total. The molecule has 4 rings (SSSR count). The van der Waals surface area contributed by atoms with Gasteiger partial charge >= 0.3 is 0 Å². The van der Waals surface area contributed by atoms with Gasteiger partial charge in [-0.3, -0.25) is 19.7 Å². The second-order valence-corrected chi connectivity index (χ2v) is 7.53. The van der Waals surface area contributed by atoms with Crippen LogP contribution in [0.5, 0.6) is 11.5 Å². The molecule has 0 saturated heterocycles. The normalized spacial score (nSPS) is 13.3. The Morgan fingerprint density at radius 1 is 0.912 bits per heavy atom. The highest BCUT2D eigenvalue weighted by molar-refractivity contribution is 6.46. The summed E-state index contributed by atoms with van der Waals surface area (Å²) in [5, 5.41) is 14.1. The third-order valence-corrected chi connectivity index (χ3v) is 5.38. The van der Waals surface area contributed by atoms with E-state index in [0.29, 0.717) is 28.4 Å². The number of hydrogen-bond donors (Lipinski definition) is 1. The van der Waals surface area contributed by atoms with Crippen LogP contribution in [0.1, 0.15) is 11.1 Å². The van der Waals surface area contributed by atoms with Crippen molar-refractivity contribution in [3.05, 3.63) is 93.7 Å². The van der Waals surface area contributed by atoms with Gasteiger partial charge in [-0.05, 0) is 54.4 Å². The average Bonchev–Trinajstić information content (AvgIpc) is 3.08. The number of amides is 2. The van der Waals surface area contributed by atoms with Gasteiger partial charge in [0.2, 0.25) is 0 Å². The predicted octanol–water partition coefficient (Wildman–Crippen LogP) is 4.32. The Kier molecular flexibility index (Phi) is 6.01. The minimum Gasteiger partial charge on any atom is -0.497 e. The Balaban J connectivity index is 1.84. The lowest BCUT2D eigenvalue weighted by atomic mass is 10.0. The highest BCUT2D eigenvalue weighted by atomic mass is 16.6. The maximum absolute atomic E-state index is 13.5. The van der Waals surface area contributed by atoms with Crippen molar-refractivity contribution in [1.29, 1.82) is 0 Å². The molecule has 0 unspecified atom stereocenters. The van der Waals surface area contributed by atoms with E-state index in [2.05, 4.69) is 5.32 Å². The van der Waals surface area contributed by atoms with Crippen molar-refractivity contribution in [1.82, 2.24) is 0 Å². The number of ether oxygens (including phenoxy) is 2. The molecule has 172 valence electrons. The fourth-order valence-electron chi connectivity index (χ4n) is 3.70. The van der Waals surface area contributed by atoms with E-state index in [1.165, 1.54) is 38.5 Å². The monoisotopic (exact) mass is 459 g/mol. The molecule has 1 aliphatic rings. The van der Waals surface area contributed by atoms with Crippen LogP contribution in [0.25, 0.3) is 5.57 Å². The van der Waals surface area contributed by atoms with Gasteiger partial charge in [0.25, 0.3) is 17.5 Å². The second kappa shape index (κ2) is 9.07. The topological polar surface area (TPSA) is 111 Å². The first kappa shape index (κ1) is 22.5. The number of hydrogen-bond acceptors (Lipinski definition) is 7. The Morgan fingerprint density at radius 2 is 1.65 bits per heavy atom. The number of carbonyl (C=O) groups excluding carboxylic acids is 2. The molecule has 0 saturated carbocycles. The highest BCUT2D eigenvalue weighted by Gasteiger charge is 2.40. The fourth-order valence-corrected chi connectivity index (χ4v) is 3.70. The van der Waals surface area contributed by atoms with Gasteiger partial charge < -0.3 is 14.8 Å². The molecule has 0 radical (unpaired) electrons. The maximum atomic E-state index is 13.5. The van der Waals surface area contributed by atoms with Gasteiger partial charge in [-0.1, -0.05) is 12.1 Å². The molecule has 1 N–H and O–H groups in total. The number of benzene rings is 3. The van der Waals surface area contributed by atoms with Crippen LogP contribution in [-0.2, 0) is 9.59 Å². The van der Waals surface area contributed by atoms with Gasteiger partial charge in [0.15, 0.2) is 0 Å². The smallest absolute Gasteiger partial charge is 0.282 e. The lowest BCUT2D eigenvalue weighted by molar-refractivity contribution is -0.384. The first-order chi connectivity index (χ1) is 16.3. The van der Waals surface area contributed by atoms with E-state index >= 15 is 0 Å². The summed E-state index contributed by atoms with van der Waals surface area (Å²) < 4.78 is 10.6. The van der Waals surface area contributed by atoms with E-state index in [1.807, 2.05) is 13.0 Å². The minimum atomic E-state index is -0.554. The Bertz CT molecular complexity index is 1330. The van der Waals surface area contributed by atoms with E-state index in [-0.39, 0.29) is 17.0 Å². The molecule has 0 aromatic heterocycles. The van der Waals surface area contributed by atoms with E-state index in [9.17, 15) is 19.7 Å². The predicted molar refractivity (Wildman–Crippen MR) is 127 cm³/mol. The van der Waals surface area contributed by atoms with Crippen LogP contribution in [0.2, 0.25) is 0 Å². The minimum absolute atomic E-state index is 0.0313. The molecular formula is C25H21N3O6. The summed E-state index contributed by atoms with van der Waals surface area (Å²) >= 11 is 0. The molecule has 9 heteroatoms. The third kappa shape index (κ3) is 4.06. The van der Waals surface area contributed by atoms with Crippen molar-refractivity contribution in [3.8, 4) is 11.5 Å². The van der Waals surface area contributed by atoms with Crippen molar-refractivity contribution in [2.75, 3.05) is 24.4 Å². The molecule has 0 atom stereocenters. The fraction of sp³-hybridized carbons (Fsp3) is 0.120. The molecular weight excluding hydrogens is 438 g/mol. The van der Waals surface area contributed by atoms with Gasteiger partial charge in [-0.2, -0.15) is 0 Å². The maximum Gasteiger partial charge on any atom is 0.282 e. The number of methoxy groups -OCH3 is 2. The Morgan fingerprint density at radius 3 is 2.26 bits per heavy atom. The van der Waals surface area contributed by atoms with E-state index in [0.717, 1.165) is 10.5 Å². The number of rotatable bonds is 7. The molecule has 0 bridgehead atoms. The van der Waals surface area contributed by atoms with Crippen molar-refractivity contribution < 1.29 is 24.0 Å². The second-order valence-electron chi connectivity index (χ2n) is 7.53. The molecule has 0 fully saturated rings. The summed E-state index contributed by atoms with van der Waals surface area (Å²) in [5.74, 6) is -0.132. The summed E-state index contributed by atoms with van der Waals surface area (Å²) in [6.45, 7) is 1.86. The highest BCUT2D eigenvalue weighted by Crippen LogP contribution is 2.37. The summed E-state index contributed by atoms with van der Waals surface area (Å²) in [6.07, 6.45) is 0. The summed E-state index contributed by atoms with van der Waals surface area (Å²) in [5.41, 5.74) is 2.13. The number of nitro groups is 1. The Labute approximate surface area is 195 Å². The number of nitrogens with zero attached hydrogens (tertiary/aromatic N) is 2. The lowest BCUT2D eigenvalue weighted by Crippen LogP contribution is -2.32. The Hall–Kier alpha value is -4.66. The van der Waals surface area contributed by atoms with E-state index in [1.54, 1.807) is 36.4 Å². The molecule has 34 heavy (non-hydrogen) atoms. The summed E-state index contributed by atoms with van der Waals surface area (Å²) in [7, 11) is 3.00. The zero-order valence-corrected chi connectivity index (χ0v) is 18.7. The summed E-state index contributed by atoms with van der Waals surface area (Å²) in [6, 6.07) is 17.5. The number of nitrogens with one attached hydrogen (secondary N) is 1. The lowest BCUT2D eigenvalue weighted by Gasteiger charge is -2.16. The first-order valence-corrected chi connectivity index (χ1v) is 10.3. The van der Waals surface area contributed by atoms with Gasteiger partial charge in [0.1, 0.15) is 17.2 Å². The van der Waals surface area contributed by atoms with Crippen LogP contribution in [0.15, 0.2) is 72.4 Å². The number of nitro benzene ring substituents is 1. The standard InChI is InChI=1S/C25H21N3O6/c1-15-5-4-6-18(13-15)27-24(29)22(16-7-9-17(10-8-16)28(31)32)23(25(27)30)26-20-12-11-19(33-2)14-21(20)34-3/h4-14,26H,1-3H3. The summed E-state index contributed by atoms with van der Waals surface area (Å²) in [4.78, 5) is 38.7. The molecule has 2 amide bonds. The van der Waals surface area contributed by atoms with Crippen LogP contribution in [0, 0.1) is 17.0 Å². The van der Waals surface area contributed by atoms with Crippen molar-refractivity contribution in [3.63, 3.8) is 0 Å². The molecule has 3 aromatic carbocycles. The van der Waals surface area contributed by atoms with Gasteiger partial charge in [-0.15, -0.1) is 0 Å². The number of anilines is 2. The number of imide groups is 1.